The maximum atomic E-state index is 12.2. The lowest BCUT2D eigenvalue weighted by Gasteiger charge is -2.22. The fraction of sp³-hybridized carbons (Fsp3) is 0.316. The number of amides is 1. The molecule has 0 aromatic heterocycles. The Balaban J connectivity index is 1.84. The van der Waals surface area contributed by atoms with Crippen molar-refractivity contribution in [3.8, 4) is 0 Å². The Kier molecular flexibility index (Phi) is 8.49. The number of hydrogen-bond donors (Lipinski definition) is 1. The van der Waals surface area contributed by atoms with E-state index in [1.807, 2.05) is 31.2 Å². The third-order valence-electron chi connectivity index (χ3n) is 3.86. The molecule has 2 aromatic rings. The van der Waals surface area contributed by atoms with E-state index in [-0.39, 0.29) is 12.5 Å². The van der Waals surface area contributed by atoms with Gasteiger partial charge in [0.25, 0.3) is 0 Å². The summed E-state index contributed by atoms with van der Waals surface area (Å²) in [6.45, 7) is 2.00. The maximum absolute atomic E-state index is 12.2. The van der Waals surface area contributed by atoms with Crippen molar-refractivity contribution < 1.29 is 13.2 Å². The average molecular weight is 461 g/mol. The van der Waals surface area contributed by atoms with Crippen molar-refractivity contribution in [1.29, 1.82) is 0 Å². The van der Waals surface area contributed by atoms with Crippen LogP contribution in [0.3, 0.4) is 0 Å². The zero-order chi connectivity index (χ0) is 20.7. The number of hydrogen-bond acceptors (Lipinski definition) is 4. The van der Waals surface area contributed by atoms with Gasteiger partial charge in [-0.25, -0.2) is 8.42 Å². The molecule has 28 heavy (non-hydrogen) atoms. The minimum Gasteiger partial charge on any atom is -0.354 e. The van der Waals surface area contributed by atoms with Crippen molar-refractivity contribution >= 4 is 56.6 Å². The van der Waals surface area contributed by atoms with Crippen LogP contribution in [0, 0.1) is 6.92 Å². The number of carbonyl (C=O) groups is 1. The van der Waals surface area contributed by atoms with Crippen LogP contribution in [0.1, 0.15) is 12.0 Å². The third kappa shape index (κ3) is 7.20. The van der Waals surface area contributed by atoms with Gasteiger partial charge < -0.3 is 5.32 Å². The van der Waals surface area contributed by atoms with Gasteiger partial charge in [-0.2, -0.15) is 0 Å². The van der Waals surface area contributed by atoms with E-state index >= 15 is 0 Å². The molecule has 1 N–H and O–H groups in total. The molecule has 0 heterocycles. The van der Waals surface area contributed by atoms with E-state index < -0.39 is 10.0 Å². The van der Waals surface area contributed by atoms with Crippen molar-refractivity contribution in [2.24, 2.45) is 0 Å². The van der Waals surface area contributed by atoms with Crippen LogP contribution in [0.4, 0.5) is 5.69 Å². The Bertz CT molecular complexity index is 919. The quantitative estimate of drug-likeness (QED) is 0.445. The van der Waals surface area contributed by atoms with Gasteiger partial charge in [0.15, 0.2) is 0 Å². The first kappa shape index (κ1) is 22.9. The number of halogens is 2. The number of anilines is 1. The van der Waals surface area contributed by atoms with Gasteiger partial charge in [-0.1, -0.05) is 29.3 Å². The van der Waals surface area contributed by atoms with Gasteiger partial charge in [0.1, 0.15) is 6.54 Å². The Morgan fingerprint density at radius 1 is 1.14 bits per heavy atom. The number of carbonyl (C=O) groups excluding carboxylic acids is 1. The molecule has 0 unspecified atom stereocenters. The minimum absolute atomic E-state index is 0.289. The SMILES string of the molecule is Cc1ccc(N(CC(=O)NCCCSc2ccc(Cl)cc2)S(C)(=O)=O)cc1Cl. The van der Waals surface area contributed by atoms with Crippen LogP contribution in [0.15, 0.2) is 47.4 Å². The van der Waals surface area contributed by atoms with Crippen LogP contribution < -0.4 is 9.62 Å². The zero-order valence-electron chi connectivity index (χ0n) is 15.6. The smallest absolute Gasteiger partial charge is 0.240 e. The number of thioether (sulfide) groups is 1. The van der Waals surface area contributed by atoms with Crippen molar-refractivity contribution in [1.82, 2.24) is 5.32 Å². The lowest BCUT2D eigenvalue weighted by atomic mass is 10.2. The second-order valence-corrected chi connectivity index (χ2v) is 10.1. The molecule has 9 heteroatoms. The molecule has 0 atom stereocenters. The molecular formula is C19H22Cl2N2O3S2. The fourth-order valence-corrected chi connectivity index (χ4v) is 4.35. The number of aryl methyl sites for hydroxylation is 1. The van der Waals surface area contributed by atoms with Gasteiger partial charge in [0.05, 0.1) is 11.9 Å². The third-order valence-corrected chi connectivity index (χ3v) is 6.75. The van der Waals surface area contributed by atoms with Gasteiger partial charge in [-0.3, -0.25) is 9.10 Å². The summed E-state index contributed by atoms with van der Waals surface area (Å²) in [6.07, 6.45) is 1.82. The summed E-state index contributed by atoms with van der Waals surface area (Å²) in [6, 6.07) is 12.5. The summed E-state index contributed by atoms with van der Waals surface area (Å²) < 4.78 is 25.3. The van der Waals surface area contributed by atoms with Crippen LogP contribution >= 0.6 is 35.0 Å². The summed E-state index contributed by atoms with van der Waals surface area (Å²) in [4.78, 5) is 13.3. The highest BCUT2D eigenvalue weighted by atomic mass is 35.5. The van der Waals surface area contributed by atoms with Gasteiger partial charge in [0, 0.05) is 21.5 Å². The van der Waals surface area contributed by atoms with Gasteiger partial charge in [0.2, 0.25) is 15.9 Å². The van der Waals surface area contributed by atoms with E-state index in [2.05, 4.69) is 5.32 Å². The van der Waals surface area contributed by atoms with E-state index in [0.717, 1.165) is 33.2 Å². The first-order valence-electron chi connectivity index (χ1n) is 8.56. The first-order chi connectivity index (χ1) is 13.2. The fourth-order valence-electron chi connectivity index (χ4n) is 2.34. The number of rotatable bonds is 9. The van der Waals surface area contributed by atoms with E-state index in [1.54, 1.807) is 30.0 Å². The second kappa shape index (κ2) is 10.4. The summed E-state index contributed by atoms with van der Waals surface area (Å²) in [7, 11) is -3.62. The highest BCUT2D eigenvalue weighted by molar-refractivity contribution is 7.99. The monoisotopic (exact) mass is 460 g/mol. The Labute approximate surface area is 180 Å². The lowest BCUT2D eigenvalue weighted by molar-refractivity contribution is -0.119. The molecule has 2 rings (SSSR count). The first-order valence-corrected chi connectivity index (χ1v) is 12.1. The van der Waals surface area contributed by atoms with Gasteiger partial charge in [-0.15, -0.1) is 11.8 Å². The molecule has 0 fully saturated rings. The molecule has 0 aliphatic rings. The minimum atomic E-state index is -3.62. The van der Waals surface area contributed by atoms with Gasteiger partial charge in [-0.05, 0) is 61.1 Å². The molecule has 152 valence electrons. The largest absolute Gasteiger partial charge is 0.354 e. The predicted molar refractivity (Wildman–Crippen MR) is 118 cm³/mol. The predicted octanol–water partition coefficient (Wildman–Crippen LogP) is 4.37. The van der Waals surface area contributed by atoms with Crippen molar-refractivity contribution in [2.75, 3.05) is 29.4 Å². The molecule has 0 bridgehead atoms. The van der Waals surface area contributed by atoms with E-state index in [0.29, 0.717) is 22.3 Å². The second-order valence-electron chi connectivity index (χ2n) is 6.21. The number of sulfonamides is 1. The zero-order valence-corrected chi connectivity index (χ0v) is 18.8. The summed E-state index contributed by atoms with van der Waals surface area (Å²) in [5, 5.41) is 3.91. The Hall–Kier alpha value is -1.41. The maximum Gasteiger partial charge on any atom is 0.240 e. The molecule has 0 aliphatic heterocycles. The van der Waals surface area contributed by atoms with E-state index in [4.69, 9.17) is 23.2 Å². The molecule has 0 aliphatic carbocycles. The lowest BCUT2D eigenvalue weighted by Crippen LogP contribution is -2.40. The highest BCUT2D eigenvalue weighted by Gasteiger charge is 2.21. The number of nitrogens with zero attached hydrogens (tertiary/aromatic N) is 1. The summed E-state index contributed by atoms with van der Waals surface area (Å²) in [5.74, 6) is 0.462. The number of benzene rings is 2. The molecule has 0 saturated carbocycles. The normalized spacial score (nSPS) is 11.3. The van der Waals surface area contributed by atoms with E-state index in [9.17, 15) is 13.2 Å². The summed E-state index contributed by atoms with van der Waals surface area (Å²) in [5.41, 5.74) is 1.20. The molecule has 1 amide bonds. The van der Waals surface area contributed by atoms with Crippen LogP contribution in [0.5, 0.6) is 0 Å². The molecule has 0 saturated heterocycles. The standard InChI is InChI=1S/C19H22Cl2N2O3S2/c1-14-4-7-16(12-18(14)21)23(28(2,25)26)13-19(24)22-10-3-11-27-17-8-5-15(20)6-9-17/h4-9,12H,3,10-11,13H2,1-2H3,(H,22,24). The highest BCUT2D eigenvalue weighted by Crippen LogP contribution is 2.25. The van der Waals surface area contributed by atoms with Crippen molar-refractivity contribution in [3.63, 3.8) is 0 Å². The Morgan fingerprint density at radius 2 is 1.82 bits per heavy atom. The molecule has 0 radical (unpaired) electrons. The Morgan fingerprint density at radius 3 is 2.43 bits per heavy atom. The van der Waals surface area contributed by atoms with E-state index in [1.165, 1.54) is 0 Å². The van der Waals surface area contributed by atoms with Crippen LogP contribution in [-0.2, 0) is 14.8 Å². The topological polar surface area (TPSA) is 66.5 Å². The molecule has 2 aromatic carbocycles. The summed E-state index contributed by atoms with van der Waals surface area (Å²) >= 11 is 13.6. The van der Waals surface area contributed by atoms with Crippen LogP contribution in [0.25, 0.3) is 0 Å². The molecular weight excluding hydrogens is 439 g/mol. The average Bonchev–Trinajstić information content (AvgIpc) is 2.62. The van der Waals surface area contributed by atoms with Gasteiger partial charge >= 0.3 is 0 Å². The van der Waals surface area contributed by atoms with Crippen molar-refractivity contribution in [3.05, 3.63) is 58.1 Å². The van der Waals surface area contributed by atoms with Crippen LogP contribution in [0.2, 0.25) is 10.0 Å². The van der Waals surface area contributed by atoms with Crippen LogP contribution in [-0.4, -0.2) is 39.4 Å². The number of nitrogens with one attached hydrogen (secondary N) is 1. The van der Waals surface area contributed by atoms with Crippen molar-refractivity contribution in [2.45, 2.75) is 18.2 Å². The molecule has 0 spiro atoms. The molecule has 5 nitrogen and oxygen atoms in total.